The summed E-state index contributed by atoms with van der Waals surface area (Å²) < 4.78 is 11.0. The second-order valence-electron chi connectivity index (χ2n) is 5.63. The van der Waals surface area contributed by atoms with Gasteiger partial charge in [-0.2, -0.15) is 0 Å². The maximum Gasteiger partial charge on any atom is 0.315 e. The van der Waals surface area contributed by atoms with Crippen molar-refractivity contribution in [2.75, 3.05) is 26.9 Å². The van der Waals surface area contributed by atoms with Crippen LogP contribution in [0.4, 0.5) is 4.79 Å². The third-order valence-electron chi connectivity index (χ3n) is 4.35. The molecule has 5 heteroatoms. The summed E-state index contributed by atoms with van der Waals surface area (Å²) in [6, 6.07) is 10.1. The smallest absolute Gasteiger partial charge is 0.315 e. The number of hydrogen-bond acceptors (Lipinski definition) is 3. The number of ether oxygens (including phenoxy) is 2. The molecule has 0 spiro atoms. The highest BCUT2D eigenvalue weighted by Gasteiger charge is 2.30. The summed E-state index contributed by atoms with van der Waals surface area (Å²) in [5, 5.41) is 5.96. The van der Waals surface area contributed by atoms with E-state index in [2.05, 4.69) is 17.6 Å². The Labute approximate surface area is 132 Å². The first-order valence-electron chi connectivity index (χ1n) is 7.93. The van der Waals surface area contributed by atoms with Gasteiger partial charge in [0, 0.05) is 26.4 Å². The first-order chi connectivity index (χ1) is 10.7. The van der Waals surface area contributed by atoms with Crippen LogP contribution >= 0.6 is 0 Å². The van der Waals surface area contributed by atoms with Crippen molar-refractivity contribution in [1.82, 2.24) is 10.6 Å². The van der Waals surface area contributed by atoms with Gasteiger partial charge in [-0.05, 0) is 24.8 Å². The van der Waals surface area contributed by atoms with Gasteiger partial charge in [0.25, 0.3) is 0 Å². The predicted octanol–water partition coefficient (Wildman–Crippen LogP) is 2.42. The van der Waals surface area contributed by atoms with E-state index in [-0.39, 0.29) is 12.1 Å². The lowest BCUT2D eigenvalue weighted by Crippen LogP contribution is -2.49. The van der Waals surface area contributed by atoms with Crippen LogP contribution in [0.5, 0.6) is 0 Å². The molecule has 1 unspecified atom stereocenters. The second kappa shape index (κ2) is 8.15. The fraction of sp³-hybridized carbons (Fsp3) is 0.588. The first-order valence-corrected chi connectivity index (χ1v) is 7.93. The zero-order valence-electron chi connectivity index (χ0n) is 13.4. The quantitative estimate of drug-likeness (QED) is 0.848. The summed E-state index contributed by atoms with van der Waals surface area (Å²) in [6.07, 6.45) is 2.52. The van der Waals surface area contributed by atoms with E-state index in [0.717, 1.165) is 24.8 Å². The van der Waals surface area contributed by atoms with Crippen molar-refractivity contribution in [3.05, 3.63) is 35.9 Å². The molecular weight excluding hydrogens is 280 g/mol. The average Bonchev–Trinajstić information content (AvgIpc) is 2.58. The van der Waals surface area contributed by atoms with E-state index in [4.69, 9.17) is 9.47 Å². The molecule has 1 aliphatic heterocycles. The highest BCUT2D eigenvalue weighted by molar-refractivity contribution is 5.74. The summed E-state index contributed by atoms with van der Waals surface area (Å²) in [6.45, 7) is 3.94. The standard InChI is InChI=1S/C17H26N2O3/c1-3-17(21-2,14-7-5-4-6-8-14)13-18-16(20)19-15-9-11-22-12-10-15/h4-8,15H,3,9-13H2,1-2H3,(H2,18,19,20). The van der Waals surface area contributed by atoms with Gasteiger partial charge in [-0.15, -0.1) is 0 Å². The van der Waals surface area contributed by atoms with E-state index >= 15 is 0 Å². The van der Waals surface area contributed by atoms with Crippen LogP contribution in [0, 0.1) is 0 Å². The van der Waals surface area contributed by atoms with Crippen LogP contribution in [-0.4, -0.2) is 38.9 Å². The minimum atomic E-state index is -0.492. The molecule has 1 atom stereocenters. The Kier molecular flexibility index (Phi) is 6.21. The molecule has 1 heterocycles. The molecule has 1 aromatic carbocycles. The van der Waals surface area contributed by atoms with Gasteiger partial charge in [-0.3, -0.25) is 0 Å². The molecule has 1 aliphatic rings. The Bertz CT molecular complexity index is 454. The summed E-state index contributed by atoms with van der Waals surface area (Å²) in [4.78, 5) is 12.1. The van der Waals surface area contributed by atoms with Crippen molar-refractivity contribution in [1.29, 1.82) is 0 Å². The van der Waals surface area contributed by atoms with Crippen molar-refractivity contribution in [2.45, 2.75) is 37.8 Å². The van der Waals surface area contributed by atoms with Crippen LogP contribution in [0.25, 0.3) is 0 Å². The van der Waals surface area contributed by atoms with Gasteiger partial charge >= 0.3 is 6.03 Å². The van der Waals surface area contributed by atoms with E-state index in [1.807, 2.05) is 30.3 Å². The number of nitrogens with one attached hydrogen (secondary N) is 2. The molecular formula is C17H26N2O3. The molecule has 1 aromatic rings. The fourth-order valence-corrected chi connectivity index (χ4v) is 2.81. The lowest BCUT2D eigenvalue weighted by Gasteiger charge is -2.32. The van der Waals surface area contributed by atoms with Crippen molar-refractivity contribution in [2.24, 2.45) is 0 Å². The van der Waals surface area contributed by atoms with Gasteiger partial charge in [-0.25, -0.2) is 4.79 Å². The van der Waals surface area contributed by atoms with Crippen LogP contribution in [0.3, 0.4) is 0 Å². The predicted molar refractivity (Wildman–Crippen MR) is 85.8 cm³/mol. The summed E-state index contributed by atoms with van der Waals surface area (Å²) in [5.74, 6) is 0. The molecule has 122 valence electrons. The Morgan fingerprint density at radius 1 is 1.32 bits per heavy atom. The van der Waals surface area contributed by atoms with Crippen LogP contribution in [0.2, 0.25) is 0 Å². The van der Waals surface area contributed by atoms with Crippen molar-refractivity contribution in [3.63, 3.8) is 0 Å². The molecule has 0 saturated carbocycles. The molecule has 1 fully saturated rings. The number of hydrogen-bond donors (Lipinski definition) is 2. The third-order valence-corrected chi connectivity index (χ3v) is 4.35. The van der Waals surface area contributed by atoms with Gasteiger partial charge in [0.05, 0.1) is 6.54 Å². The number of benzene rings is 1. The topological polar surface area (TPSA) is 59.6 Å². The summed E-state index contributed by atoms with van der Waals surface area (Å²) in [7, 11) is 1.69. The first kappa shape index (κ1) is 16.8. The van der Waals surface area contributed by atoms with E-state index in [0.29, 0.717) is 19.8 Å². The molecule has 2 amide bonds. The highest BCUT2D eigenvalue weighted by atomic mass is 16.5. The number of methoxy groups -OCH3 is 1. The lowest BCUT2D eigenvalue weighted by molar-refractivity contribution is -0.0154. The monoisotopic (exact) mass is 306 g/mol. The van der Waals surface area contributed by atoms with Crippen LogP contribution in [-0.2, 0) is 15.1 Å². The van der Waals surface area contributed by atoms with E-state index in [1.54, 1.807) is 7.11 Å². The molecule has 22 heavy (non-hydrogen) atoms. The number of carbonyl (C=O) groups is 1. The van der Waals surface area contributed by atoms with Gasteiger partial charge in [0.2, 0.25) is 0 Å². The van der Waals surface area contributed by atoms with Gasteiger partial charge in [0.15, 0.2) is 0 Å². The number of amides is 2. The van der Waals surface area contributed by atoms with Crippen molar-refractivity contribution >= 4 is 6.03 Å². The molecule has 0 radical (unpaired) electrons. The van der Waals surface area contributed by atoms with E-state index < -0.39 is 5.60 Å². The maximum atomic E-state index is 12.1. The minimum absolute atomic E-state index is 0.141. The normalized spacial score (nSPS) is 18.5. The Morgan fingerprint density at radius 2 is 2.00 bits per heavy atom. The number of carbonyl (C=O) groups excluding carboxylic acids is 1. The highest BCUT2D eigenvalue weighted by Crippen LogP contribution is 2.27. The number of rotatable bonds is 6. The van der Waals surface area contributed by atoms with E-state index in [1.165, 1.54) is 0 Å². The van der Waals surface area contributed by atoms with Crippen LogP contribution in [0.1, 0.15) is 31.7 Å². The maximum absolute atomic E-state index is 12.1. The second-order valence-corrected chi connectivity index (χ2v) is 5.63. The lowest BCUT2D eigenvalue weighted by atomic mass is 9.90. The molecule has 2 rings (SSSR count). The Hall–Kier alpha value is -1.59. The zero-order chi connectivity index (χ0) is 15.8. The molecule has 2 N–H and O–H groups in total. The molecule has 0 aliphatic carbocycles. The largest absolute Gasteiger partial charge is 0.381 e. The molecule has 5 nitrogen and oxygen atoms in total. The fourth-order valence-electron chi connectivity index (χ4n) is 2.81. The van der Waals surface area contributed by atoms with E-state index in [9.17, 15) is 4.79 Å². The summed E-state index contributed by atoms with van der Waals surface area (Å²) in [5.41, 5.74) is 0.584. The van der Waals surface area contributed by atoms with Crippen molar-refractivity contribution in [3.8, 4) is 0 Å². The molecule has 0 aromatic heterocycles. The average molecular weight is 306 g/mol. The SMILES string of the molecule is CCC(CNC(=O)NC1CCOCC1)(OC)c1ccccc1. The van der Waals surface area contributed by atoms with Crippen LogP contribution in [0.15, 0.2) is 30.3 Å². The Morgan fingerprint density at radius 3 is 2.59 bits per heavy atom. The van der Waals surface area contributed by atoms with Crippen LogP contribution < -0.4 is 10.6 Å². The van der Waals surface area contributed by atoms with Gasteiger partial charge in [0.1, 0.15) is 5.60 Å². The zero-order valence-corrected chi connectivity index (χ0v) is 13.4. The number of urea groups is 1. The van der Waals surface area contributed by atoms with Gasteiger partial charge < -0.3 is 20.1 Å². The summed E-state index contributed by atoms with van der Waals surface area (Å²) >= 11 is 0. The third kappa shape index (κ3) is 4.21. The van der Waals surface area contributed by atoms with Crippen molar-refractivity contribution < 1.29 is 14.3 Å². The minimum Gasteiger partial charge on any atom is -0.381 e. The van der Waals surface area contributed by atoms with Gasteiger partial charge in [-0.1, -0.05) is 37.3 Å². The Balaban J connectivity index is 1.92. The molecule has 0 bridgehead atoms. The molecule has 1 saturated heterocycles.